The lowest BCUT2D eigenvalue weighted by Crippen LogP contribution is -2.38. The molecule has 0 saturated heterocycles. The Labute approximate surface area is 142 Å². The molecule has 1 aliphatic heterocycles. The van der Waals surface area contributed by atoms with Gasteiger partial charge in [-0.3, -0.25) is 9.78 Å². The van der Waals surface area contributed by atoms with Gasteiger partial charge in [0.1, 0.15) is 5.82 Å². The van der Waals surface area contributed by atoms with Crippen molar-refractivity contribution in [2.75, 3.05) is 7.05 Å². The van der Waals surface area contributed by atoms with E-state index in [1.807, 2.05) is 30.8 Å². The Bertz CT molecular complexity index is 724. The van der Waals surface area contributed by atoms with Crippen molar-refractivity contribution in [3.63, 3.8) is 0 Å². The number of aromatic nitrogens is 4. The van der Waals surface area contributed by atoms with Crippen LogP contribution in [-0.2, 0) is 19.4 Å². The first-order chi connectivity index (χ1) is 11.6. The maximum Gasteiger partial charge on any atom is 0.291 e. The van der Waals surface area contributed by atoms with Gasteiger partial charge in [0.2, 0.25) is 5.82 Å². The fourth-order valence-electron chi connectivity index (χ4n) is 3.15. The number of carbonyl (C=O) groups excluding carboxylic acids is 1. The van der Waals surface area contributed by atoms with Crippen molar-refractivity contribution < 1.29 is 4.79 Å². The highest BCUT2D eigenvalue weighted by Crippen LogP contribution is 2.16. The van der Waals surface area contributed by atoms with Crippen LogP contribution in [0.25, 0.3) is 0 Å². The summed E-state index contributed by atoms with van der Waals surface area (Å²) in [5.74, 6) is 1.35. The highest BCUT2D eigenvalue weighted by Gasteiger charge is 2.25. The molecule has 3 heterocycles. The maximum absolute atomic E-state index is 12.9. The van der Waals surface area contributed by atoms with E-state index in [1.54, 1.807) is 4.90 Å². The Morgan fingerprint density at radius 2 is 2.17 bits per heavy atom. The van der Waals surface area contributed by atoms with E-state index in [0.29, 0.717) is 5.82 Å². The van der Waals surface area contributed by atoms with Gasteiger partial charge in [0.15, 0.2) is 0 Å². The Hall–Kier alpha value is -2.24. The van der Waals surface area contributed by atoms with Gasteiger partial charge in [-0.15, -0.1) is 10.2 Å². The summed E-state index contributed by atoms with van der Waals surface area (Å²) in [6.45, 7) is 4.93. The molecular weight excluding hydrogens is 302 g/mol. The molecule has 128 valence electrons. The van der Waals surface area contributed by atoms with Gasteiger partial charge in [-0.25, -0.2) is 0 Å². The predicted molar refractivity (Wildman–Crippen MR) is 91.8 cm³/mol. The summed E-state index contributed by atoms with van der Waals surface area (Å²) >= 11 is 0. The molecule has 24 heavy (non-hydrogen) atoms. The standard InChI is InChI=1S/C18H25N5O/c1-13-8-9-19-15(11-13)12-14(2)22(3)18(24)17-21-20-16-7-5-4-6-10-23(16)17/h8-9,11,14H,4-7,10,12H2,1-3H3/t14-/m1/s1. The SMILES string of the molecule is Cc1ccnc(C[C@@H](C)N(C)C(=O)c2nnc3n2CCCCC3)c1. The van der Waals surface area contributed by atoms with Gasteiger partial charge in [-0.1, -0.05) is 6.42 Å². The summed E-state index contributed by atoms with van der Waals surface area (Å²) in [7, 11) is 1.83. The summed E-state index contributed by atoms with van der Waals surface area (Å²) in [6, 6.07) is 4.09. The third-order valence-electron chi connectivity index (χ3n) is 4.76. The van der Waals surface area contributed by atoms with E-state index in [4.69, 9.17) is 0 Å². The van der Waals surface area contributed by atoms with Gasteiger partial charge in [-0.2, -0.15) is 0 Å². The van der Waals surface area contributed by atoms with Gasteiger partial charge < -0.3 is 9.47 Å². The Balaban J connectivity index is 1.73. The molecule has 1 amide bonds. The number of carbonyl (C=O) groups is 1. The number of likely N-dealkylation sites (N-methyl/N-ethyl adjacent to an activating group) is 1. The lowest BCUT2D eigenvalue weighted by molar-refractivity contribution is 0.0724. The van der Waals surface area contributed by atoms with E-state index in [2.05, 4.69) is 28.2 Å². The van der Waals surface area contributed by atoms with Crippen LogP contribution in [-0.4, -0.2) is 43.6 Å². The molecule has 0 spiro atoms. The van der Waals surface area contributed by atoms with E-state index < -0.39 is 0 Å². The van der Waals surface area contributed by atoms with Crippen LogP contribution in [0, 0.1) is 6.92 Å². The minimum Gasteiger partial charge on any atom is -0.336 e. The Kier molecular flexibility index (Phi) is 4.92. The van der Waals surface area contributed by atoms with Gasteiger partial charge >= 0.3 is 0 Å². The number of amides is 1. The van der Waals surface area contributed by atoms with Crippen molar-refractivity contribution in [3.8, 4) is 0 Å². The Morgan fingerprint density at radius 3 is 2.96 bits per heavy atom. The number of nitrogens with zero attached hydrogens (tertiary/aromatic N) is 5. The molecule has 0 fully saturated rings. The smallest absolute Gasteiger partial charge is 0.291 e. The lowest BCUT2D eigenvalue weighted by Gasteiger charge is -2.24. The molecule has 0 unspecified atom stereocenters. The van der Waals surface area contributed by atoms with Crippen molar-refractivity contribution >= 4 is 5.91 Å². The monoisotopic (exact) mass is 327 g/mol. The van der Waals surface area contributed by atoms with Crippen molar-refractivity contribution in [2.24, 2.45) is 0 Å². The molecule has 1 aliphatic rings. The molecule has 0 bridgehead atoms. The number of rotatable bonds is 4. The van der Waals surface area contributed by atoms with Gasteiger partial charge in [-0.05, 0) is 44.4 Å². The van der Waals surface area contributed by atoms with Crippen LogP contribution in [0.2, 0.25) is 0 Å². The third kappa shape index (κ3) is 3.47. The minimum atomic E-state index is -0.0594. The van der Waals surface area contributed by atoms with Crippen LogP contribution in [0.1, 0.15) is 53.9 Å². The first-order valence-electron chi connectivity index (χ1n) is 8.67. The molecule has 0 radical (unpaired) electrons. The normalized spacial score (nSPS) is 15.5. The number of hydrogen-bond acceptors (Lipinski definition) is 4. The average molecular weight is 327 g/mol. The van der Waals surface area contributed by atoms with Crippen LogP contribution in [0.3, 0.4) is 0 Å². The summed E-state index contributed by atoms with van der Waals surface area (Å²) in [5, 5.41) is 8.40. The van der Waals surface area contributed by atoms with Crippen molar-refractivity contribution in [1.29, 1.82) is 0 Å². The molecule has 0 aromatic carbocycles. The summed E-state index contributed by atoms with van der Waals surface area (Å²) in [4.78, 5) is 19.0. The van der Waals surface area contributed by atoms with E-state index in [9.17, 15) is 4.79 Å². The molecule has 1 atom stereocenters. The highest BCUT2D eigenvalue weighted by atomic mass is 16.2. The van der Waals surface area contributed by atoms with Crippen LogP contribution in [0.5, 0.6) is 0 Å². The lowest BCUT2D eigenvalue weighted by atomic mass is 10.1. The van der Waals surface area contributed by atoms with Crippen molar-refractivity contribution in [3.05, 3.63) is 41.2 Å². The maximum atomic E-state index is 12.9. The van der Waals surface area contributed by atoms with Crippen LogP contribution in [0.15, 0.2) is 18.3 Å². The van der Waals surface area contributed by atoms with E-state index in [1.165, 1.54) is 12.0 Å². The molecule has 0 saturated carbocycles. The molecule has 0 N–H and O–H groups in total. The third-order valence-corrected chi connectivity index (χ3v) is 4.76. The number of hydrogen-bond donors (Lipinski definition) is 0. The van der Waals surface area contributed by atoms with Gasteiger partial charge in [0.25, 0.3) is 5.91 Å². The molecule has 2 aromatic heterocycles. The van der Waals surface area contributed by atoms with Gasteiger partial charge in [0.05, 0.1) is 0 Å². The molecule has 0 aliphatic carbocycles. The molecule has 6 nitrogen and oxygen atoms in total. The van der Waals surface area contributed by atoms with E-state index in [-0.39, 0.29) is 11.9 Å². The predicted octanol–water partition coefficient (Wildman–Crippen LogP) is 2.41. The molecule has 2 aromatic rings. The first-order valence-corrected chi connectivity index (χ1v) is 8.67. The number of fused-ring (bicyclic) bond motifs is 1. The second-order valence-electron chi connectivity index (χ2n) is 6.70. The largest absolute Gasteiger partial charge is 0.336 e. The zero-order chi connectivity index (χ0) is 17.1. The zero-order valence-corrected chi connectivity index (χ0v) is 14.7. The summed E-state index contributed by atoms with van der Waals surface area (Å²) < 4.78 is 2.00. The van der Waals surface area contributed by atoms with Crippen LogP contribution < -0.4 is 0 Å². The molecule has 6 heteroatoms. The minimum absolute atomic E-state index is 0.0468. The van der Waals surface area contributed by atoms with E-state index >= 15 is 0 Å². The fraction of sp³-hybridized carbons (Fsp3) is 0.556. The van der Waals surface area contributed by atoms with E-state index in [0.717, 1.165) is 43.7 Å². The van der Waals surface area contributed by atoms with Gasteiger partial charge in [0, 0.05) is 44.4 Å². The topological polar surface area (TPSA) is 63.9 Å². The van der Waals surface area contributed by atoms with Crippen molar-refractivity contribution in [2.45, 2.75) is 58.5 Å². The average Bonchev–Trinajstić information content (AvgIpc) is 2.82. The van der Waals surface area contributed by atoms with Crippen molar-refractivity contribution in [1.82, 2.24) is 24.6 Å². The summed E-state index contributed by atoms with van der Waals surface area (Å²) in [5.41, 5.74) is 2.19. The van der Waals surface area contributed by atoms with Crippen LogP contribution in [0.4, 0.5) is 0 Å². The highest BCUT2D eigenvalue weighted by molar-refractivity contribution is 5.90. The first kappa shape index (κ1) is 16.6. The second kappa shape index (κ2) is 7.11. The zero-order valence-electron chi connectivity index (χ0n) is 14.7. The van der Waals surface area contributed by atoms with Crippen LogP contribution >= 0.6 is 0 Å². The molecule has 3 rings (SSSR count). The second-order valence-corrected chi connectivity index (χ2v) is 6.70. The Morgan fingerprint density at radius 1 is 1.33 bits per heavy atom. The molecular formula is C18H25N5O. The number of pyridine rings is 1. The summed E-state index contributed by atoms with van der Waals surface area (Å²) in [6.07, 6.45) is 6.84. The quantitative estimate of drug-likeness (QED) is 0.865. The fourth-order valence-corrected chi connectivity index (χ4v) is 3.15. The number of aryl methyl sites for hydroxylation is 2.